The number of carbonyl (C=O) groups excluding carboxylic acids is 3. The van der Waals surface area contributed by atoms with Gasteiger partial charge in [-0.2, -0.15) is 0 Å². The van der Waals surface area contributed by atoms with Crippen LogP contribution in [0.3, 0.4) is 0 Å². The van der Waals surface area contributed by atoms with Crippen LogP contribution < -0.4 is 15.0 Å². The Hall–Kier alpha value is -3.32. The minimum absolute atomic E-state index is 0.116. The van der Waals surface area contributed by atoms with Crippen LogP contribution in [0.2, 0.25) is 10.0 Å². The first-order chi connectivity index (χ1) is 16.3. The van der Waals surface area contributed by atoms with Crippen molar-refractivity contribution < 1.29 is 19.1 Å². The zero-order valence-corrected chi connectivity index (χ0v) is 20.0. The van der Waals surface area contributed by atoms with Crippen molar-refractivity contribution >= 4 is 64.0 Å². The zero-order valence-electron chi connectivity index (χ0n) is 17.8. The van der Waals surface area contributed by atoms with E-state index in [4.69, 9.17) is 39.5 Å². The largest absolute Gasteiger partial charge is 0.423 e. The number of esters is 1. The van der Waals surface area contributed by atoms with Crippen LogP contribution in [0.1, 0.15) is 22.8 Å². The van der Waals surface area contributed by atoms with E-state index in [0.29, 0.717) is 22.0 Å². The fraction of sp³-hybridized carbons (Fsp3) is 0.0800. The summed E-state index contributed by atoms with van der Waals surface area (Å²) >= 11 is 18.3. The van der Waals surface area contributed by atoms with E-state index in [2.05, 4.69) is 5.32 Å². The van der Waals surface area contributed by atoms with Crippen molar-refractivity contribution in [3.05, 3.63) is 98.6 Å². The van der Waals surface area contributed by atoms with Gasteiger partial charge < -0.3 is 10.1 Å². The van der Waals surface area contributed by atoms with Crippen molar-refractivity contribution in [3.8, 4) is 5.75 Å². The highest BCUT2D eigenvalue weighted by molar-refractivity contribution is 6.54. The molecule has 0 unspecified atom stereocenters. The van der Waals surface area contributed by atoms with Gasteiger partial charge in [-0.15, -0.1) is 0 Å². The summed E-state index contributed by atoms with van der Waals surface area (Å²) in [7, 11) is 0. The van der Waals surface area contributed by atoms with E-state index in [1.807, 2.05) is 25.1 Å². The number of anilines is 2. The summed E-state index contributed by atoms with van der Waals surface area (Å²) in [4.78, 5) is 38.9. The lowest BCUT2D eigenvalue weighted by Crippen LogP contribution is -2.32. The number of aryl methyl sites for hydroxylation is 1. The number of ether oxygens (including phenoxy) is 1. The van der Waals surface area contributed by atoms with Crippen LogP contribution in [0.4, 0.5) is 11.4 Å². The molecule has 3 aromatic rings. The highest BCUT2D eigenvalue weighted by Gasteiger charge is 2.40. The number of carbonyl (C=O) groups is 3. The second-order valence-corrected chi connectivity index (χ2v) is 8.54. The Bertz CT molecular complexity index is 1340. The zero-order chi connectivity index (χ0) is 24.4. The third-order valence-corrected chi connectivity index (χ3v) is 5.99. The predicted octanol–water partition coefficient (Wildman–Crippen LogP) is 6.21. The Morgan fingerprint density at radius 2 is 1.68 bits per heavy atom. The highest BCUT2D eigenvalue weighted by atomic mass is 35.5. The molecule has 0 fully saturated rings. The molecule has 0 saturated carbocycles. The predicted molar refractivity (Wildman–Crippen MR) is 133 cm³/mol. The van der Waals surface area contributed by atoms with E-state index in [1.54, 1.807) is 24.3 Å². The van der Waals surface area contributed by atoms with Gasteiger partial charge in [0, 0.05) is 10.7 Å². The summed E-state index contributed by atoms with van der Waals surface area (Å²) in [6.45, 7) is 2.01. The molecule has 0 radical (unpaired) electrons. The van der Waals surface area contributed by atoms with E-state index in [0.717, 1.165) is 16.9 Å². The molecule has 9 heteroatoms. The van der Waals surface area contributed by atoms with Crippen molar-refractivity contribution in [2.24, 2.45) is 0 Å². The maximum atomic E-state index is 12.9. The van der Waals surface area contributed by atoms with Gasteiger partial charge in [0.15, 0.2) is 0 Å². The van der Waals surface area contributed by atoms with Crippen LogP contribution in [0, 0.1) is 0 Å². The Morgan fingerprint density at radius 3 is 2.38 bits per heavy atom. The number of benzene rings is 3. The topological polar surface area (TPSA) is 75.7 Å². The van der Waals surface area contributed by atoms with Gasteiger partial charge >= 0.3 is 5.97 Å². The highest BCUT2D eigenvalue weighted by Crippen LogP contribution is 2.35. The van der Waals surface area contributed by atoms with Crippen LogP contribution in [-0.2, 0) is 16.0 Å². The molecule has 0 atom stereocenters. The van der Waals surface area contributed by atoms with Gasteiger partial charge in [0.05, 0.1) is 16.3 Å². The van der Waals surface area contributed by atoms with Crippen molar-refractivity contribution in [3.63, 3.8) is 0 Å². The molecular weight excluding hydrogens is 499 g/mol. The second kappa shape index (κ2) is 9.89. The first-order valence-corrected chi connectivity index (χ1v) is 11.3. The molecular formula is C25H17Cl3N2O4. The normalized spacial score (nSPS) is 13.5. The van der Waals surface area contributed by atoms with Gasteiger partial charge in [-0.05, 0) is 66.6 Å². The molecule has 1 aliphatic rings. The molecule has 0 aliphatic carbocycles. The molecule has 1 N–H and O–H groups in total. The molecule has 1 heterocycles. The minimum atomic E-state index is -0.729. The Labute approximate surface area is 210 Å². The van der Waals surface area contributed by atoms with Crippen molar-refractivity contribution in [2.75, 3.05) is 10.2 Å². The molecule has 34 heavy (non-hydrogen) atoms. The first kappa shape index (κ1) is 23.8. The van der Waals surface area contributed by atoms with Gasteiger partial charge in [0.2, 0.25) is 0 Å². The SMILES string of the molecule is CCc1cccc(OC(=O)c2ccc(NC3=C(Cl)C(=O)N(c4cc(Cl)ccc4Cl)C3=O)cc2)c1. The standard InChI is InChI=1S/C25H17Cl3N2O4/c1-2-14-4-3-5-18(12-14)34-25(33)15-6-9-17(10-7-15)29-22-21(28)23(31)30(24(22)32)20-13-16(26)8-11-19(20)27/h3-13,29H,2H2,1H3. The molecule has 172 valence electrons. The molecule has 4 rings (SSSR count). The number of hydrogen-bond acceptors (Lipinski definition) is 5. The van der Waals surface area contributed by atoms with Crippen molar-refractivity contribution in [1.29, 1.82) is 0 Å². The van der Waals surface area contributed by atoms with Crippen LogP contribution in [0.5, 0.6) is 5.75 Å². The minimum Gasteiger partial charge on any atom is -0.423 e. The van der Waals surface area contributed by atoms with E-state index in [-0.39, 0.29) is 21.4 Å². The summed E-state index contributed by atoms with van der Waals surface area (Å²) < 4.78 is 5.43. The summed E-state index contributed by atoms with van der Waals surface area (Å²) in [6.07, 6.45) is 0.826. The third-order valence-electron chi connectivity index (χ3n) is 5.08. The van der Waals surface area contributed by atoms with Crippen LogP contribution in [-0.4, -0.2) is 17.8 Å². The Kier molecular flexibility index (Phi) is 6.93. The van der Waals surface area contributed by atoms with Crippen LogP contribution in [0.25, 0.3) is 0 Å². The van der Waals surface area contributed by atoms with Gasteiger partial charge in [0.1, 0.15) is 16.5 Å². The van der Waals surface area contributed by atoms with E-state index >= 15 is 0 Å². The van der Waals surface area contributed by atoms with Crippen molar-refractivity contribution in [1.82, 2.24) is 0 Å². The fourth-order valence-corrected chi connectivity index (χ4v) is 3.90. The number of amides is 2. The Balaban J connectivity index is 1.49. The smallest absolute Gasteiger partial charge is 0.343 e. The molecule has 2 amide bonds. The average Bonchev–Trinajstić information content (AvgIpc) is 3.04. The monoisotopic (exact) mass is 514 g/mol. The van der Waals surface area contributed by atoms with Crippen molar-refractivity contribution in [2.45, 2.75) is 13.3 Å². The van der Waals surface area contributed by atoms with Crippen LogP contribution >= 0.6 is 34.8 Å². The summed E-state index contributed by atoms with van der Waals surface area (Å²) in [5.74, 6) is -1.48. The van der Waals surface area contributed by atoms with Gasteiger partial charge in [-0.3, -0.25) is 9.59 Å². The number of nitrogens with one attached hydrogen (secondary N) is 1. The molecule has 0 bridgehead atoms. The number of halogens is 3. The number of hydrogen-bond donors (Lipinski definition) is 1. The number of imide groups is 1. The molecule has 0 spiro atoms. The van der Waals surface area contributed by atoms with E-state index < -0.39 is 17.8 Å². The molecule has 0 aromatic heterocycles. The lowest BCUT2D eigenvalue weighted by Gasteiger charge is -2.17. The van der Waals surface area contributed by atoms with Crippen LogP contribution in [0.15, 0.2) is 77.5 Å². The second-order valence-electron chi connectivity index (χ2n) is 7.32. The quantitative estimate of drug-likeness (QED) is 0.240. The Morgan fingerprint density at radius 1 is 0.941 bits per heavy atom. The average molecular weight is 516 g/mol. The summed E-state index contributed by atoms with van der Waals surface area (Å²) in [5, 5.41) is 3.03. The first-order valence-electron chi connectivity index (χ1n) is 10.2. The molecule has 0 saturated heterocycles. The van der Waals surface area contributed by atoms with E-state index in [1.165, 1.54) is 24.3 Å². The maximum absolute atomic E-state index is 12.9. The third kappa shape index (κ3) is 4.80. The van der Waals surface area contributed by atoms with Gasteiger partial charge in [-0.1, -0.05) is 53.9 Å². The lowest BCUT2D eigenvalue weighted by atomic mass is 10.1. The number of nitrogens with zero attached hydrogens (tertiary/aromatic N) is 1. The molecule has 3 aromatic carbocycles. The lowest BCUT2D eigenvalue weighted by molar-refractivity contribution is -0.120. The molecule has 1 aliphatic heterocycles. The maximum Gasteiger partial charge on any atom is 0.343 e. The summed E-state index contributed by atoms with van der Waals surface area (Å²) in [5.41, 5.74) is 1.82. The fourth-order valence-electron chi connectivity index (χ4n) is 3.32. The molecule has 6 nitrogen and oxygen atoms in total. The van der Waals surface area contributed by atoms with E-state index in [9.17, 15) is 14.4 Å². The van der Waals surface area contributed by atoms with Gasteiger partial charge in [0.25, 0.3) is 11.8 Å². The number of rotatable bonds is 6. The van der Waals surface area contributed by atoms with Gasteiger partial charge in [-0.25, -0.2) is 9.69 Å². The summed E-state index contributed by atoms with van der Waals surface area (Å²) in [6, 6.07) is 17.9.